The summed E-state index contributed by atoms with van der Waals surface area (Å²) in [5, 5.41) is 5.64. The summed E-state index contributed by atoms with van der Waals surface area (Å²) in [5.41, 5.74) is 0.825. The molecule has 0 atom stereocenters. The Morgan fingerprint density at radius 3 is 2.67 bits per heavy atom. The zero-order valence-corrected chi connectivity index (χ0v) is 11.8. The highest BCUT2D eigenvalue weighted by Crippen LogP contribution is 2.06. The first-order valence-corrected chi connectivity index (χ1v) is 7.66. The molecule has 3 nitrogen and oxygen atoms in total. The van der Waals surface area contributed by atoms with Gasteiger partial charge in [0.15, 0.2) is 0 Å². The van der Waals surface area contributed by atoms with E-state index in [1.54, 1.807) is 0 Å². The molecule has 0 saturated heterocycles. The van der Waals surface area contributed by atoms with Gasteiger partial charge in [-0.3, -0.25) is 0 Å². The van der Waals surface area contributed by atoms with Crippen LogP contribution in [0.1, 0.15) is 26.2 Å². The van der Waals surface area contributed by atoms with Crippen LogP contribution in [0.4, 0.5) is 10.5 Å². The molecule has 0 aliphatic carbocycles. The van der Waals surface area contributed by atoms with Gasteiger partial charge in [-0.15, -0.1) is 0 Å². The number of carbonyl (C=O) groups excluding carboxylic acids is 1. The van der Waals surface area contributed by atoms with Gasteiger partial charge >= 0.3 is 6.03 Å². The minimum absolute atomic E-state index is 0.129. The largest absolute Gasteiger partial charge is 0.337 e. The summed E-state index contributed by atoms with van der Waals surface area (Å²) in [6, 6.07) is 9.35. The van der Waals surface area contributed by atoms with Gasteiger partial charge in [-0.05, 0) is 24.3 Å². The number of thioether (sulfide) groups is 1. The number of amides is 2. The smallest absolute Gasteiger partial charge is 0.319 e. The van der Waals surface area contributed by atoms with Crippen LogP contribution in [0.2, 0.25) is 0 Å². The zero-order valence-electron chi connectivity index (χ0n) is 10.9. The Balaban J connectivity index is 2.00. The predicted molar refractivity (Wildman–Crippen MR) is 80.3 cm³/mol. The van der Waals surface area contributed by atoms with E-state index in [1.807, 2.05) is 42.1 Å². The molecule has 0 spiro atoms. The predicted octanol–water partition coefficient (Wildman–Crippen LogP) is 3.73. The molecule has 18 heavy (non-hydrogen) atoms. The van der Waals surface area contributed by atoms with Gasteiger partial charge in [-0.2, -0.15) is 11.8 Å². The second-order valence-electron chi connectivity index (χ2n) is 4.07. The second-order valence-corrected chi connectivity index (χ2v) is 5.29. The number of hydrogen-bond acceptors (Lipinski definition) is 2. The number of nitrogens with one attached hydrogen (secondary N) is 2. The Labute approximate surface area is 114 Å². The van der Waals surface area contributed by atoms with Crippen LogP contribution in [0, 0.1) is 0 Å². The van der Waals surface area contributed by atoms with Crippen molar-refractivity contribution in [3.05, 3.63) is 30.3 Å². The van der Waals surface area contributed by atoms with E-state index < -0.39 is 0 Å². The molecule has 0 aromatic heterocycles. The van der Waals surface area contributed by atoms with Gasteiger partial charge in [0.25, 0.3) is 0 Å². The molecule has 0 bridgehead atoms. The number of anilines is 1. The van der Waals surface area contributed by atoms with E-state index >= 15 is 0 Å². The first-order valence-electron chi connectivity index (χ1n) is 6.50. The van der Waals surface area contributed by atoms with E-state index in [4.69, 9.17) is 0 Å². The average molecular weight is 266 g/mol. The molecule has 0 fully saturated rings. The summed E-state index contributed by atoms with van der Waals surface area (Å²) in [4.78, 5) is 11.5. The van der Waals surface area contributed by atoms with Crippen LogP contribution in [0.3, 0.4) is 0 Å². The third kappa shape index (κ3) is 7.22. The summed E-state index contributed by atoms with van der Waals surface area (Å²) >= 11 is 1.90. The summed E-state index contributed by atoms with van der Waals surface area (Å²) in [6.07, 6.45) is 3.84. The summed E-state index contributed by atoms with van der Waals surface area (Å²) in [5.74, 6) is 2.17. The minimum Gasteiger partial charge on any atom is -0.337 e. The van der Waals surface area contributed by atoms with Crippen molar-refractivity contribution in [1.82, 2.24) is 5.32 Å². The number of benzene rings is 1. The van der Waals surface area contributed by atoms with E-state index in [1.165, 1.54) is 25.0 Å². The normalized spacial score (nSPS) is 10.1. The fourth-order valence-electron chi connectivity index (χ4n) is 1.49. The molecule has 100 valence electrons. The van der Waals surface area contributed by atoms with Gasteiger partial charge in [0, 0.05) is 18.0 Å². The third-order valence-corrected chi connectivity index (χ3v) is 3.53. The SMILES string of the molecule is CCCCCSCCNC(=O)Nc1ccccc1. The molecule has 1 aromatic carbocycles. The number of unbranched alkanes of at least 4 members (excludes halogenated alkanes) is 2. The fraction of sp³-hybridized carbons (Fsp3) is 0.500. The summed E-state index contributed by atoms with van der Waals surface area (Å²) < 4.78 is 0. The van der Waals surface area contributed by atoms with Crippen molar-refractivity contribution in [3.8, 4) is 0 Å². The van der Waals surface area contributed by atoms with Crippen molar-refractivity contribution in [2.45, 2.75) is 26.2 Å². The van der Waals surface area contributed by atoms with E-state index in [-0.39, 0.29) is 6.03 Å². The van der Waals surface area contributed by atoms with Crippen molar-refractivity contribution in [2.24, 2.45) is 0 Å². The monoisotopic (exact) mass is 266 g/mol. The maximum Gasteiger partial charge on any atom is 0.319 e. The van der Waals surface area contributed by atoms with Crippen molar-refractivity contribution in [3.63, 3.8) is 0 Å². The fourth-order valence-corrected chi connectivity index (χ4v) is 2.35. The lowest BCUT2D eigenvalue weighted by Gasteiger charge is -2.07. The van der Waals surface area contributed by atoms with Crippen LogP contribution in [0.15, 0.2) is 30.3 Å². The lowest BCUT2D eigenvalue weighted by atomic mass is 10.3. The first kappa shape index (κ1) is 14.9. The standard InChI is InChI=1S/C14H22N2OS/c1-2-3-7-11-18-12-10-15-14(17)16-13-8-5-4-6-9-13/h4-6,8-9H,2-3,7,10-12H2,1H3,(H2,15,16,17). The molecule has 0 saturated carbocycles. The molecular formula is C14H22N2OS. The molecule has 0 aliphatic heterocycles. The highest BCUT2D eigenvalue weighted by atomic mass is 32.2. The number of hydrogen-bond donors (Lipinski definition) is 2. The quantitative estimate of drug-likeness (QED) is 0.704. The molecule has 4 heteroatoms. The van der Waals surface area contributed by atoms with E-state index in [2.05, 4.69) is 17.6 Å². The maximum atomic E-state index is 11.5. The van der Waals surface area contributed by atoms with E-state index in [0.29, 0.717) is 0 Å². The lowest BCUT2D eigenvalue weighted by molar-refractivity contribution is 0.252. The van der Waals surface area contributed by atoms with Crippen molar-refractivity contribution < 1.29 is 4.79 Å². The molecule has 0 aliphatic rings. The topological polar surface area (TPSA) is 41.1 Å². The maximum absolute atomic E-state index is 11.5. The first-order chi connectivity index (χ1) is 8.83. The molecule has 1 rings (SSSR count). The molecular weight excluding hydrogens is 244 g/mol. The number of carbonyl (C=O) groups is 1. The number of rotatable bonds is 8. The molecule has 0 unspecified atom stereocenters. The minimum atomic E-state index is -0.129. The van der Waals surface area contributed by atoms with Crippen LogP contribution in [0.5, 0.6) is 0 Å². The Kier molecular flexibility index (Phi) is 8.13. The van der Waals surface area contributed by atoms with E-state index in [0.717, 1.165) is 18.0 Å². The Morgan fingerprint density at radius 2 is 1.94 bits per heavy atom. The number of urea groups is 1. The van der Waals surface area contributed by atoms with Crippen molar-refractivity contribution >= 4 is 23.5 Å². The molecule has 1 aromatic rings. The average Bonchev–Trinajstić information content (AvgIpc) is 2.39. The van der Waals surface area contributed by atoms with Crippen LogP contribution < -0.4 is 10.6 Å². The Bertz CT molecular complexity index is 330. The highest BCUT2D eigenvalue weighted by molar-refractivity contribution is 7.99. The molecule has 2 N–H and O–H groups in total. The van der Waals surface area contributed by atoms with Gasteiger partial charge in [0.2, 0.25) is 0 Å². The van der Waals surface area contributed by atoms with Crippen LogP contribution >= 0.6 is 11.8 Å². The van der Waals surface area contributed by atoms with Crippen LogP contribution in [-0.2, 0) is 0 Å². The van der Waals surface area contributed by atoms with Crippen LogP contribution in [-0.4, -0.2) is 24.1 Å². The Hall–Kier alpha value is -1.16. The Morgan fingerprint density at radius 1 is 1.17 bits per heavy atom. The molecule has 2 amide bonds. The van der Waals surface area contributed by atoms with Crippen molar-refractivity contribution in [2.75, 3.05) is 23.4 Å². The van der Waals surface area contributed by atoms with Crippen molar-refractivity contribution in [1.29, 1.82) is 0 Å². The molecule has 0 heterocycles. The summed E-state index contributed by atoms with van der Waals surface area (Å²) in [7, 11) is 0. The highest BCUT2D eigenvalue weighted by Gasteiger charge is 1.99. The van der Waals surface area contributed by atoms with Gasteiger partial charge in [-0.1, -0.05) is 38.0 Å². The van der Waals surface area contributed by atoms with Crippen LogP contribution in [0.25, 0.3) is 0 Å². The van der Waals surface area contributed by atoms with Gasteiger partial charge in [0.05, 0.1) is 0 Å². The summed E-state index contributed by atoms with van der Waals surface area (Å²) in [6.45, 7) is 2.93. The molecule has 0 radical (unpaired) electrons. The van der Waals surface area contributed by atoms with E-state index in [9.17, 15) is 4.79 Å². The second kappa shape index (κ2) is 9.83. The number of para-hydroxylation sites is 1. The van der Waals surface area contributed by atoms with Gasteiger partial charge in [-0.25, -0.2) is 4.79 Å². The zero-order chi connectivity index (χ0) is 13.1. The van der Waals surface area contributed by atoms with Gasteiger partial charge < -0.3 is 10.6 Å². The third-order valence-electron chi connectivity index (χ3n) is 2.46. The lowest BCUT2D eigenvalue weighted by Crippen LogP contribution is -2.30. The van der Waals surface area contributed by atoms with Gasteiger partial charge in [0.1, 0.15) is 0 Å².